The summed E-state index contributed by atoms with van der Waals surface area (Å²) in [5.74, 6) is 0. The minimum absolute atomic E-state index is 0.0812. The maximum Gasteiger partial charge on any atom is 0.494 e. The van der Waals surface area contributed by atoms with Crippen LogP contribution >= 0.6 is 11.6 Å². The smallest absolute Gasteiger partial charge is 0.399 e. The second-order valence-corrected chi connectivity index (χ2v) is 17.1. The summed E-state index contributed by atoms with van der Waals surface area (Å²) in [6.45, 7) is 17.5. The van der Waals surface area contributed by atoms with Gasteiger partial charge in [-0.25, -0.2) is 0 Å². The van der Waals surface area contributed by atoms with Gasteiger partial charge in [-0.2, -0.15) is 0 Å². The van der Waals surface area contributed by atoms with Crippen LogP contribution in [-0.2, 0) is 20.1 Å². The Morgan fingerprint density at radius 3 is 1.30 bits per heavy atom. The van der Waals surface area contributed by atoms with Crippen LogP contribution in [-0.4, -0.2) is 18.3 Å². The third kappa shape index (κ3) is 5.94. The lowest BCUT2D eigenvalue weighted by Gasteiger charge is -2.42. The number of anilines is 6. The van der Waals surface area contributed by atoms with Crippen molar-refractivity contribution >= 4 is 58.3 Å². The number of rotatable bonds is 3. The van der Waals surface area contributed by atoms with Gasteiger partial charge in [-0.1, -0.05) is 124 Å². The standard InChI is InChI=1S/C27H30BNO2.C21H18ClN/c1-25(2)21-14-10-11-15-23(21)29(20-12-8-7-9-13-20)24-17-16-19(18-22(24)25)28-30-26(3,4)27(5,6)31-28;1-21(2)17-10-6-7-11-19(17)23(16-8-4-3-5-9-16)20-13-12-15(22)14-18(20)21/h7-18H,1-6H3;3-14H,1-2H3. The Labute approximate surface area is 326 Å². The van der Waals surface area contributed by atoms with Crippen molar-refractivity contribution in [2.24, 2.45) is 0 Å². The number of para-hydroxylation sites is 4. The number of fused-ring (bicyclic) bond motifs is 4. The molecule has 6 aromatic carbocycles. The Hall–Kier alpha value is -4.81. The van der Waals surface area contributed by atoms with Gasteiger partial charge < -0.3 is 19.1 Å². The molecule has 3 aliphatic heterocycles. The first-order valence-corrected chi connectivity index (χ1v) is 19.3. The van der Waals surface area contributed by atoms with Gasteiger partial charge in [0, 0.05) is 27.2 Å². The minimum Gasteiger partial charge on any atom is -0.399 e. The fourth-order valence-electron chi connectivity index (χ4n) is 8.23. The van der Waals surface area contributed by atoms with Crippen molar-refractivity contribution in [3.8, 4) is 0 Å². The van der Waals surface area contributed by atoms with E-state index in [9.17, 15) is 0 Å². The summed E-state index contributed by atoms with van der Waals surface area (Å²) >= 11 is 6.31. The molecular weight excluding hydrogens is 683 g/mol. The van der Waals surface area contributed by atoms with Gasteiger partial charge in [0.25, 0.3) is 0 Å². The Kier molecular flexibility index (Phi) is 8.84. The van der Waals surface area contributed by atoms with E-state index >= 15 is 0 Å². The Morgan fingerprint density at radius 2 is 0.815 bits per heavy atom. The van der Waals surface area contributed by atoms with Crippen molar-refractivity contribution in [2.75, 3.05) is 9.80 Å². The molecule has 3 aliphatic rings. The molecule has 0 atom stereocenters. The summed E-state index contributed by atoms with van der Waals surface area (Å²) < 4.78 is 12.7. The van der Waals surface area contributed by atoms with Crippen molar-refractivity contribution in [3.63, 3.8) is 0 Å². The second-order valence-electron chi connectivity index (χ2n) is 16.7. The van der Waals surface area contributed by atoms with Crippen LogP contribution in [0.4, 0.5) is 34.1 Å². The highest BCUT2D eigenvalue weighted by Crippen LogP contribution is 2.53. The van der Waals surface area contributed by atoms with E-state index in [-0.39, 0.29) is 29.2 Å². The van der Waals surface area contributed by atoms with Crippen LogP contribution < -0.4 is 15.3 Å². The molecule has 3 heterocycles. The number of benzene rings is 6. The van der Waals surface area contributed by atoms with Crippen molar-refractivity contribution in [1.82, 2.24) is 0 Å². The van der Waals surface area contributed by atoms with Crippen LogP contribution in [0.25, 0.3) is 0 Å². The predicted molar refractivity (Wildman–Crippen MR) is 227 cm³/mol. The zero-order valence-electron chi connectivity index (χ0n) is 32.5. The predicted octanol–water partition coefficient (Wildman–Crippen LogP) is 12.5. The Morgan fingerprint density at radius 1 is 0.426 bits per heavy atom. The molecule has 0 N–H and O–H groups in total. The van der Waals surface area contributed by atoms with Gasteiger partial charge in [-0.05, 0) is 116 Å². The topological polar surface area (TPSA) is 24.9 Å². The summed E-state index contributed by atoms with van der Waals surface area (Å²) in [5.41, 5.74) is 12.5. The highest BCUT2D eigenvalue weighted by Gasteiger charge is 2.52. The lowest BCUT2D eigenvalue weighted by atomic mass is 9.69. The fourth-order valence-corrected chi connectivity index (χ4v) is 8.41. The maximum absolute atomic E-state index is 6.35. The largest absolute Gasteiger partial charge is 0.494 e. The van der Waals surface area contributed by atoms with Crippen LogP contribution in [0, 0.1) is 0 Å². The van der Waals surface area contributed by atoms with E-state index < -0.39 is 0 Å². The molecule has 4 nitrogen and oxygen atoms in total. The van der Waals surface area contributed by atoms with E-state index in [0.717, 1.165) is 16.2 Å². The van der Waals surface area contributed by atoms with Crippen LogP contribution in [0.3, 0.4) is 0 Å². The summed E-state index contributed by atoms with van der Waals surface area (Å²) in [6, 6.07) is 51.3. The first-order chi connectivity index (χ1) is 25.7. The van der Waals surface area contributed by atoms with Crippen molar-refractivity contribution in [2.45, 2.75) is 77.4 Å². The van der Waals surface area contributed by atoms with E-state index in [1.165, 1.54) is 50.7 Å². The molecule has 1 saturated heterocycles. The highest BCUT2D eigenvalue weighted by molar-refractivity contribution is 6.62. The number of hydrogen-bond donors (Lipinski definition) is 0. The molecular formula is C48H48BClN2O2. The van der Waals surface area contributed by atoms with E-state index in [2.05, 4.69) is 199 Å². The number of halogens is 1. The average molecular weight is 731 g/mol. The van der Waals surface area contributed by atoms with Crippen LogP contribution in [0.15, 0.2) is 146 Å². The van der Waals surface area contributed by atoms with Gasteiger partial charge in [0.2, 0.25) is 0 Å². The van der Waals surface area contributed by atoms with Crippen molar-refractivity contribution < 1.29 is 9.31 Å². The zero-order valence-corrected chi connectivity index (χ0v) is 33.3. The SMILES string of the molecule is CC1(C)c2ccccc2N(c2ccccc2)c2ccc(B3OC(C)(C)C(C)(C)O3)cc21.CC1(C)c2ccccc2N(c2ccccc2)c2ccc(Cl)cc21. The second kappa shape index (κ2) is 13.2. The van der Waals surface area contributed by atoms with Crippen molar-refractivity contribution in [1.29, 1.82) is 0 Å². The lowest BCUT2D eigenvalue weighted by molar-refractivity contribution is 0.00578. The summed E-state index contributed by atoms with van der Waals surface area (Å²) in [7, 11) is -0.367. The normalized spacial score (nSPS) is 18.1. The third-order valence-electron chi connectivity index (χ3n) is 12.0. The summed E-state index contributed by atoms with van der Waals surface area (Å²) in [6.07, 6.45) is 0. The molecule has 1 fully saturated rings. The first-order valence-electron chi connectivity index (χ1n) is 18.9. The molecule has 0 saturated carbocycles. The van der Waals surface area contributed by atoms with Crippen LogP contribution in [0.2, 0.25) is 5.02 Å². The molecule has 272 valence electrons. The first kappa shape index (κ1) is 36.2. The molecule has 0 aliphatic carbocycles. The monoisotopic (exact) mass is 730 g/mol. The van der Waals surface area contributed by atoms with Gasteiger partial charge >= 0.3 is 7.12 Å². The molecule has 0 aromatic heterocycles. The fraction of sp³-hybridized carbons (Fsp3) is 0.250. The Balaban J connectivity index is 0.000000160. The zero-order chi connectivity index (χ0) is 38.0. The Bertz CT molecular complexity index is 2320. The molecule has 6 heteroatoms. The van der Waals surface area contributed by atoms with Crippen LogP contribution in [0.5, 0.6) is 0 Å². The molecule has 0 radical (unpaired) electrons. The van der Waals surface area contributed by atoms with E-state index in [1.807, 2.05) is 12.1 Å². The molecule has 0 spiro atoms. The molecule has 0 unspecified atom stereocenters. The number of hydrogen-bond acceptors (Lipinski definition) is 4. The highest BCUT2D eigenvalue weighted by atomic mass is 35.5. The molecule has 9 rings (SSSR count). The summed E-state index contributed by atoms with van der Waals surface area (Å²) in [4.78, 5) is 4.69. The van der Waals surface area contributed by atoms with Gasteiger partial charge in [0.15, 0.2) is 0 Å². The quantitative estimate of drug-likeness (QED) is 0.169. The molecule has 6 aromatic rings. The number of nitrogens with zero attached hydrogens (tertiary/aromatic N) is 2. The van der Waals surface area contributed by atoms with Crippen LogP contribution in [0.1, 0.15) is 77.6 Å². The van der Waals surface area contributed by atoms with Gasteiger partial charge in [0.05, 0.1) is 34.0 Å². The van der Waals surface area contributed by atoms with E-state index in [0.29, 0.717) is 0 Å². The van der Waals surface area contributed by atoms with Crippen molar-refractivity contribution in [3.05, 3.63) is 173 Å². The third-order valence-corrected chi connectivity index (χ3v) is 12.2. The average Bonchev–Trinajstić information content (AvgIpc) is 3.39. The molecule has 0 amide bonds. The van der Waals surface area contributed by atoms with E-state index in [4.69, 9.17) is 20.9 Å². The van der Waals surface area contributed by atoms with Gasteiger partial charge in [0.1, 0.15) is 0 Å². The lowest BCUT2D eigenvalue weighted by Crippen LogP contribution is -2.41. The summed E-state index contributed by atoms with van der Waals surface area (Å²) in [5, 5.41) is 0.782. The minimum atomic E-state index is -0.367. The van der Waals surface area contributed by atoms with E-state index in [1.54, 1.807) is 0 Å². The van der Waals surface area contributed by atoms with Gasteiger partial charge in [-0.15, -0.1) is 0 Å². The molecule has 0 bridgehead atoms. The molecule has 54 heavy (non-hydrogen) atoms. The maximum atomic E-state index is 6.35. The van der Waals surface area contributed by atoms with Gasteiger partial charge in [-0.3, -0.25) is 0 Å².